The van der Waals surface area contributed by atoms with Crippen LogP contribution in [-0.4, -0.2) is 43.3 Å². The maximum absolute atomic E-state index is 12.2. The molecule has 0 aliphatic carbocycles. The van der Waals surface area contributed by atoms with E-state index in [2.05, 4.69) is 31.8 Å². The van der Waals surface area contributed by atoms with Crippen molar-refractivity contribution in [3.8, 4) is 5.75 Å². The van der Waals surface area contributed by atoms with Crippen molar-refractivity contribution in [1.82, 2.24) is 9.73 Å². The lowest BCUT2D eigenvalue weighted by Crippen LogP contribution is -2.25. The van der Waals surface area contributed by atoms with Crippen LogP contribution in [0.15, 0.2) is 56.9 Å². The maximum atomic E-state index is 12.2. The summed E-state index contributed by atoms with van der Waals surface area (Å²) in [5.74, 6) is 0.0826. The SMILES string of the molecule is CN(C)S(=O)(=O)c1cccc(NC(=S)N/N=C/c2cc(Br)ccc2O)c1. The molecule has 0 saturated heterocycles. The first-order chi connectivity index (χ1) is 12.2. The van der Waals surface area contributed by atoms with E-state index in [0.717, 1.165) is 8.78 Å². The highest BCUT2D eigenvalue weighted by Crippen LogP contribution is 2.20. The van der Waals surface area contributed by atoms with Gasteiger partial charge in [0.15, 0.2) is 5.11 Å². The molecular formula is C16H17BrN4O3S2. The fraction of sp³-hybridized carbons (Fsp3) is 0.125. The predicted molar refractivity (Wildman–Crippen MR) is 110 cm³/mol. The average molecular weight is 457 g/mol. The molecule has 0 bridgehead atoms. The van der Waals surface area contributed by atoms with E-state index in [0.29, 0.717) is 11.3 Å². The van der Waals surface area contributed by atoms with E-state index in [1.807, 2.05) is 0 Å². The predicted octanol–water partition coefficient (Wildman–Crippen LogP) is 2.73. The van der Waals surface area contributed by atoms with Gasteiger partial charge in [-0.05, 0) is 48.6 Å². The number of benzene rings is 2. The number of sulfonamides is 1. The van der Waals surface area contributed by atoms with Crippen molar-refractivity contribution in [3.05, 3.63) is 52.5 Å². The summed E-state index contributed by atoms with van der Waals surface area (Å²) in [4.78, 5) is 0.151. The molecule has 7 nitrogen and oxygen atoms in total. The summed E-state index contributed by atoms with van der Waals surface area (Å²) < 4.78 is 26.3. The zero-order valence-corrected chi connectivity index (χ0v) is 17.2. The fourth-order valence-electron chi connectivity index (χ4n) is 1.89. The fourth-order valence-corrected chi connectivity index (χ4v) is 3.39. The van der Waals surface area contributed by atoms with Gasteiger partial charge >= 0.3 is 0 Å². The number of nitrogens with one attached hydrogen (secondary N) is 2. The molecule has 26 heavy (non-hydrogen) atoms. The zero-order chi connectivity index (χ0) is 19.3. The molecule has 0 unspecified atom stereocenters. The number of halogens is 1. The van der Waals surface area contributed by atoms with E-state index in [4.69, 9.17) is 12.2 Å². The molecule has 3 N–H and O–H groups in total. The van der Waals surface area contributed by atoms with Gasteiger partial charge in [-0.15, -0.1) is 0 Å². The Morgan fingerprint density at radius 1 is 1.27 bits per heavy atom. The summed E-state index contributed by atoms with van der Waals surface area (Å²) >= 11 is 8.44. The number of rotatable bonds is 5. The average Bonchev–Trinajstić information content (AvgIpc) is 2.58. The summed E-state index contributed by atoms with van der Waals surface area (Å²) in [5, 5.41) is 16.7. The monoisotopic (exact) mass is 456 g/mol. The minimum atomic E-state index is -3.53. The summed E-state index contributed by atoms with van der Waals surface area (Å²) in [6.45, 7) is 0. The number of thiocarbonyl (C=S) groups is 1. The van der Waals surface area contributed by atoms with Crippen LogP contribution < -0.4 is 10.7 Å². The molecule has 2 aromatic carbocycles. The number of hydrogen-bond donors (Lipinski definition) is 3. The van der Waals surface area contributed by atoms with Crippen LogP contribution in [0, 0.1) is 0 Å². The van der Waals surface area contributed by atoms with Crippen molar-refractivity contribution < 1.29 is 13.5 Å². The second-order valence-corrected chi connectivity index (χ2v) is 8.82. The smallest absolute Gasteiger partial charge is 0.242 e. The molecule has 2 rings (SSSR count). The van der Waals surface area contributed by atoms with E-state index < -0.39 is 10.0 Å². The van der Waals surface area contributed by atoms with E-state index in [9.17, 15) is 13.5 Å². The van der Waals surface area contributed by atoms with Gasteiger partial charge in [0.2, 0.25) is 10.0 Å². The van der Waals surface area contributed by atoms with Gasteiger partial charge in [0, 0.05) is 29.8 Å². The Morgan fingerprint density at radius 3 is 2.69 bits per heavy atom. The lowest BCUT2D eigenvalue weighted by Gasteiger charge is -2.13. The Morgan fingerprint density at radius 2 is 2.00 bits per heavy atom. The molecule has 2 aromatic rings. The molecule has 0 spiro atoms. The van der Waals surface area contributed by atoms with Crippen LogP contribution in [-0.2, 0) is 10.0 Å². The number of aromatic hydroxyl groups is 1. The number of phenols is 1. The Balaban J connectivity index is 2.04. The van der Waals surface area contributed by atoms with Crippen molar-refractivity contribution in [2.24, 2.45) is 5.10 Å². The topological polar surface area (TPSA) is 94.0 Å². The van der Waals surface area contributed by atoms with Crippen LogP contribution >= 0.6 is 28.1 Å². The first-order valence-corrected chi connectivity index (χ1v) is 9.95. The second kappa shape index (κ2) is 8.58. The van der Waals surface area contributed by atoms with Crippen LogP contribution in [0.4, 0.5) is 5.69 Å². The molecule has 138 valence electrons. The first-order valence-electron chi connectivity index (χ1n) is 7.31. The van der Waals surface area contributed by atoms with Crippen LogP contribution in [0.1, 0.15) is 5.56 Å². The number of anilines is 1. The summed E-state index contributed by atoms with van der Waals surface area (Å²) in [6, 6.07) is 11.2. The Hall–Kier alpha value is -2.01. The van der Waals surface area contributed by atoms with Gasteiger partial charge in [-0.25, -0.2) is 12.7 Å². The first kappa shape index (κ1) is 20.3. The van der Waals surface area contributed by atoms with Gasteiger partial charge in [-0.1, -0.05) is 22.0 Å². The highest BCUT2D eigenvalue weighted by atomic mass is 79.9. The standard InChI is InChI=1S/C16H17BrN4O3S2/c1-21(2)26(23,24)14-5-3-4-13(9-14)19-16(25)20-18-10-11-8-12(17)6-7-15(11)22/h3-10,22H,1-2H3,(H2,19,20,25)/b18-10+. The molecule has 0 heterocycles. The van der Waals surface area contributed by atoms with Gasteiger partial charge in [0.05, 0.1) is 11.1 Å². The van der Waals surface area contributed by atoms with Crippen molar-refractivity contribution in [3.63, 3.8) is 0 Å². The second-order valence-electron chi connectivity index (χ2n) is 5.34. The van der Waals surface area contributed by atoms with E-state index in [1.54, 1.807) is 30.3 Å². The molecule has 0 aliphatic heterocycles. The van der Waals surface area contributed by atoms with E-state index in [-0.39, 0.29) is 15.8 Å². The lowest BCUT2D eigenvalue weighted by atomic mass is 10.2. The largest absolute Gasteiger partial charge is 0.507 e. The Kier molecular flexibility index (Phi) is 6.70. The molecule has 0 saturated carbocycles. The maximum Gasteiger partial charge on any atom is 0.242 e. The zero-order valence-electron chi connectivity index (χ0n) is 14.0. The van der Waals surface area contributed by atoms with Gasteiger partial charge in [0.1, 0.15) is 5.75 Å². The van der Waals surface area contributed by atoms with Crippen LogP contribution in [0.3, 0.4) is 0 Å². The normalized spacial score (nSPS) is 11.7. The third-order valence-electron chi connectivity index (χ3n) is 3.23. The molecule has 0 fully saturated rings. The van der Waals surface area contributed by atoms with Crippen molar-refractivity contribution >= 4 is 55.2 Å². The van der Waals surface area contributed by atoms with Crippen LogP contribution in [0.25, 0.3) is 0 Å². The highest BCUT2D eigenvalue weighted by Gasteiger charge is 2.17. The number of hydrazone groups is 1. The molecule has 0 aliphatic rings. The third kappa shape index (κ3) is 5.24. The Bertz CT molecular complexity index is 946. The molecular weight excluding hydrogens is 440 g/mol. The van der Waals surface area contributed by atoms with Gasteiger partial charge < -0.3 is 10.4 Å². The van der Waals surface area contributed by atoms with E-state index in [1.165, 1.54) is 32.4 Å². The lowest BCUT2D eigenvalue weighted by molar-refractivity contribution is 0.474. The quantitative estimate of drug-likeness (QED) is 0.363. The highest BCUT2D eigenvalue weighted by molar-refractivity contribution is 9.10. The molecule has 0 amide bonds. The number of hydrogen-bond acceptors (Lipinski definition) is 5. The summed E-state index contributed by atoms with van der Waals surface area (Å²) in [6.07, 6.45) is 1.42. The molecule has 0 aromatic heterocycles. The van der Waals surface area contributed by atoms with Gasteiger partial charge in [-0.3, -0.25) is 5.43 Å². The number of phenolic OH excluding ortho intramolecular Hbond substituents is 1. The molecule has 0 atom stereocenters. The van der Waals surface area contributed by atoms with Gasteiger partial charge in [0.25, 0.3) is 0 Å². The summed E-state index contributed by atoms with van der Waals surface area (Å²) in [5.41, 5.74) is 3.62. The van der Waals surface area contributed by atoms with Crippen molar-refractivity contribution in [1.29, 1.82) is 0 Å². The van der Waals surface area contributed by atoms with Crippen LogP contribution in [0.2, 0.25) is 0 Å². The summed E-state index contributed by atoms with van der Waals surface area (Å²) in [7, 11) is -0.597. The molecule has 10 heteroatoms. The van der Waals surface area contributed by atoms with E-state index >= 15 is 0 Å². The minimum Gasteiger partial charge on any atom is -0.507 e. The molecule has 0 radical (unpaired) electrons. The van der Waals surface area contributed by atoms with Crippen molar-refractivity contribution in [2.45, 2.75) is 4.90 Å². The minimum absolute atomic E-state index is 0.0826. The van der Waals surface area contributed by atoms with Gasteiger partial charge in [-0.2, -0.15) is 5.10 Å². The van der Waals surface area contributed by atoms with Crippen LogP contribution in [0.5, 0.6) is 5.75 Å². The Labute approximate surface area is 165 Å². The van der Waals surface area contributed by atoms with Crippen molar-refractivity contribution in [2.75, 3.05) is 19.4 Å². The third-order valence-corrected chi connectivity index (χ3v) is 5.73. The number of nitrogens with zero attached hydrogens (tertiary/aromatic N) is 2.